The fraction of sp³-hybridized carbons (Fsp3) is 0.333. The van der Waals surface area contributed by atoms with Gasteiger partial charge in [0.25, 0.3) is 0 Å². The van der Waals surface area contributed by atoms with Crippen molar-refractivity contribution in [2.24, 2.45) is 5.41 Å². The van der Waals surface area contributed by atoms with Gasteiger partial charge in [-0.15, -0.1) is 0 Å². The predicted octanol–water partition coefficient (Wildman–Crippen LogP) is 4.41. The number of carbonyl (C=O) groups is 2. The van der Waals surface area contributed by atoms with Crippen molar-refractivity contribution in [2.45, 2.75) is 40.3 Å². The molecular weight excluding hydrogens is 364 g/mol. The molecule has 0 aliphatic rings. The molecule has 5 nitrogen and oxygen atoms in total. The maximum Gasteiger partial charge on any atom is 0.239 e. The lowest BCUT2D eigenvalue weighted by Crippen LogP contribution is -2.44. The smallest absolute Gasteiger partial charge is 0.239 e. The minimum Gasteiger partial charge on any atom is -0.489 e. The molecule has 0 saturated heterocycles. The zero-order chi connectivity index (χ0) is 20.0. The van der Waals surface area contributed by atoms with Crippen LogP contribution in [0.4, 0.5) is 5.69 Å². The molecule has 2 rings (SSSR count). The van der Waals surface area contributed by atoms with E-state index in [1.54, 1.807) is 44.2 Å². The van der Waals surface area contributed by atoms with Gasteiger partial charge in [-0.05, 0) is 57.5 Å². The van der Waals surface area contributed by atoms with E-state index in [0.717, 1.165) is 5.56 Å². The predicted molar refractivity (Wildman–Crippen MR) is 108 cm³/mol. The first-order valence-electron chi connectivity index (χ1n) is 8.80. The van der Waals surface area contributed by atoms with Crippen LogP contribution >= 0.6 is 11.6 Å². The van der Waals surface area contributed by atoms with Crippen LogP contribution in [0.15, 0.2) is 48.5 Å². The van der Waals surface area contributed by atoms with Crippen LogP contribution in [0.3, 0.4) is 0 Å². The fourth-order valence-corrected chi connectivity index (χ4v) is 2.44. The second kappa shape index (κ2) is 8.91. The van der Waals surface area contributed by atoms with Gasteiger partial charge in [0.2, 0.25) is 11.8 Å². The van der Waals surface area contributed by atoms with Gasteiger partial charge >= 0.3 is 0 Å². The van der Waals surface area contributed by atoms with Crippen molar-refractivity contribution in [3.05, 3.63) is 59.1 Å². The number of halogens is 1. The minimum atomic E-state index is -1.25. The Balaban J connectivity index is 2.03. The van der Waals surface area contributed by atoms with Crippen molar-refractivity contribution in [1.29, 1.82) is 0 Å². The molecule has 0 heterocycles. The van der Waals surface area contributed by atoms with Gasteiger partial charge in [0.1, 0.15) is 11.2 Å². The third-order valence-corrected chi connectivity index (χ3v) is 4.25. The van der Waals surface area contributed by atoms with E-state index in [0.29, 0.717) is 23.0 Å². The number of anilines is 1. The summed E-state index contributed by atoms with van der Waals surface area (Å²) in [7, 11) is 0. The number of nitrogens with one attached hydrogen (secondary N) is 2. The van der Waals surface area contributed by atoms with Crippen molar-refractivity contribution in [2.75, 3.05) is 5.32 Å². The van der Waals surface area contributed by atoms with Gasteiger partial charge in [-0.3, -0.25) is 9.59 Å². The Labute approximate surface area is 165 Å². The lowest BCUT2D eigenvalue weighted by atomic mass is 9.90. The number of hydrogen-bond donors (Lipinski definition) is 2. The molecule has 27 heavy (non-hydrogen) atoms. The van der Waals surface area contributed by atoms with E-state index in [1.807, 2.05) is 32.0 Å². The van der Waals surface area contributed by atoms with Gasteiger partial charge in [0.15, 0.2) is 0 Å². The minimum absolute atomic E-state index is 0.0289. The Morgan fingerprint density at radius 1 is 1.04 bits per heavy atom. The third kappa shape index (κ3) is 5.73. The van der Waals surface area contributed by atoms with E-state index >= 15 is 0 Å². The quantitative estimate of drug-likeness (QED) is 0.690. The molecule has 2 N–H and O–H groups in total. The van der Waals surface area contributed by atoms with E-state index in [-0.39, 0.29) is 12.0 Å². The Morgan fingerprint density at radius 3 is 2.30 bits per heavy atom. The number of carbonyl (C=O) groups excluding carboxylic acids is 2. The number of rotatable bonds is 7. The molecule has 2 amide bonds. The van der Waals surface area contributed by atoms with Gasteiger partial charge in [-0.2, -0.15) is 0 Å². The molecule has 0 radical (unpaired) electrons. The monoisotopic (exact) mass is 388 g/mol. The summed E-state index contributed by atoms with van der Waals surface area (Å²) in [6.07, 6.45) is -0.0289. The molecule has 0 saturated carbocycles. The van der Waals surface area contributed by atoms with E-state index in [4.69, 9.17) is 16.3 Å². The molecule has 0 aromatic heterocycles. The highest BCUT2D eigenvalue weighted by molar-refractivity contribution is 6.30. The summed E-state index contributed by atoms with van der Waals surface area (Å²) >= 11 is 5.86. The topological polar surface area (TPSA) is 67.4 Å². The number of amides is 2. The maximum absolute atomic E-state index is 12.7. The summed E-state index contributed by atoms with van der Waals surface area (Å²) < 4.78 is 5.71. The number of hydrogen-bond acceptors (Lipinski definition) is 3. The summed E-state index contributed by atoms with van der Waals surface area (Å²) in [6.45, 7) is 7.32. The van der Waals surface area contributed by atoms with Gasteiger partial charge < -0.3 is 15.4 Å². The summed E-state index contributed by atoms with van der Waals surface area (Å²) in [5.74, 6) is -0.202. The molecule has 0 spiro atoms. The van der Waals surface area contributed by atoms with Crippen LogP contribution in [0.1, 0.15) is 33.3 Å². The van der Waals surface area contributed by atoms with E-state index in [2.05, 4.69) is 10.6 Å². The summed E-state index contributed by atoms with van der Waals surface area (Å²) in [4.78, 5) is 25.3. The molecular formula is C21H25ClN2O3. The van der Waals surface area contributed by atoms with Gasteiger partial charge in [0.05, 0.1) is 11.8 Å². The number of ether oxygens (including phenoxy) is 1. The second-order valence-electron chi connectivity index (χ2n) is 7.05. The van der Waals surface area contributed by atoms with Gasteiger partial charge in [0, 0.05) is 11.6 Å². The van der Waals surface area contributed by atoms with Crippen molar-refractivity contribution in [1.82, 2.24) is 5.32 Å². The average molecular weight is 389 g/mol. The van der Waals surface area contributed by atoms with Crippen LogP contribution in [0.25, 0.3) is 0 Å². The maximum atomic E-state index is 12.7. The number of benzene rings is 2. The summed E-state index contributed by atoms with van der Waals surface area (Å²) in [5, 5.41) is 6.23. The van der Waals surface area contributed by atoms with Crippen LogP contribution in [0, 0.1) is 5.41 Å². The first-order valence-corrected chi connectivity index (χ1v) is 9.18. The summed E-state index contributed by atoms with van der Waals surface area (Å²) in [5.41, 5.74) is 0.187. The lowest BCUT2D eigenvalue weighted by Gasteiger charge is -2.24. The highest BCUT2D eigenvalue weighted by atomic mass is 35.5. The highest BCUT2D eigenvalue weighted by Crippen LogP contribution is 2.27. The second-order valence-corrected chi connectivity index (χ2v) is 7.49. The molecule has 0 bridgehead atoms. The lowest BCUT2D eigenvalue weighted by molar-refractivity contribution is -0.138. The third-order valence-electron chi connectivity index (χ3n) is 4.00. The van der Waals surface area contributed by atoms with E-state index < -0.39 is 11.3 Å². The Kier molecular flexibility index (Phi) is 6.86. The first kappa shape index (κ1) is 20.8. The van der Waals surface area contributed by atoms with Crippen molar-refractivity contribution >= 4 is 29.1 Å². The Bertz CT molecular complexity index is 801. The van der Waals surface area contributed by atoms with Gasteiger partial charge in [-0.25, -0.2) is 0 Å². The Morgan fingerprint density at radius 2 is 1.67 bits per heavy atom. The summed E-state index contributed by atoms with van der Waals surface area (Å²) in [6, 6.07) is 14.3. The number of para-hydroxylation sites is 2. The molecule has 2 aromatic carbocycles. The zero-order valence-electron chi connectivity index (χ0n) is 16.0. The van der Waals surface area contributed by atoms with Crippen molar-refractivity contribution < 1.29 is 14.3 Å². The molecule has 0 aliphatic carbocycles. The zero-order valence-corrected chi connectivity index (χ0v) is 16.8. The van der Waals surface area contributed by atoms with E-state index in [1.165, 1.54) is 0 Å². The molecule has 0 fully saturated rings. The van der Waals surface area contributed by atoms with Crippen molar-refractivity contribution in [3.63, 3.8) is 0 Å². The van der Waals surface area contributed by atoms with Crippen LogP contribution in [-0.2, 0) is 16.1 Å². The molecule has 6 heteroatoms. The normalized spacial score (nSPS) is 11.2. The molecule has 2 aromatic rings. The SMILES string of the molecule is CC(C)Oc1ccccc1NC(=O)C(C)(C)C(=O)NCc1ccc(Cl)cc1. The molecule has 0 atom stereocenters. The van der Waals surface area contributed by atoms with Crippen LogP contribution in [-0.4, -0.2) is 17.9 Å². The largest absolute Gasteiger partial charge is 0.489 e. The van der Waals surface area contributed by atoms with Gasteiger partial charge in [-0.1, -0.05) is 35.9 Å². The molecule has 144 valence electrons. The fourth-order valence-electron chi connectivity index (χ4n) is 2.31. The van der Waals surface area contributed by atoms with E-state index in [9.17, 15) is 9.59 Å². The first-order chi connectivity index (χ1) is 12.7. The van der Waals surface area contributed by atoms with Crippen molar-refractivity contribution in [3.8, 4) is 5.75 Å². The average Bonchev–Trinajstić information content (AvgIpc) is 2.62. The van der Waals surface area contributed by atoms with Crippen LogP contribution in [0.2, 0.25) is 5.02 Å². The van der Waals surface area contributed by atoms with Crippen LogP contribution in [0.5, 0.6) is 5.75 Å². The van der Waals surface area contributed by atoms with Crippen LogP contribution < -0.4 is 15.4 Å². The highest BCUT2D eigenvalue weighted by Gasteiger charge is 2.36. The molecule has 0 aliphatic heterocycles. The molecule has 0 unspecified atom stereocenters. The Hall–Kier alpha value is -2.53. The standard InChI is InChI=1S/C21H25ClN2O3/c1-14(2)27-18-8-6-5-7-17(18)24-20(26)21(3,4)19(25)23-13-15-9-11-16(22)12-10-15/h5-12,14H,13H2,1-4H3,(H,23,25)(H,24,26).